The predicted molar refractivity (Wildman–Crippen MR) is 51.2 cm³/mol. The van der Waals surface area contributed by atoms with Gasteiger partial charge >= 0.3 is 0 Å². The Labute approximate surface area is 70.0 Å². The van der Waals surface area contributed by atoms with E-state index in [4.69, 9.17) is 5.73 Å². The zero-order chi connectivity index (χ0) is 9.02. The molecule has 0 spiro atoms. The van der Waals surface area contributed by atoms with Gasteiger partial charge in [0.25, 0.3) is 0 Å². The minimum Gasteiger partial charge on any atom is -0.399 e. The minimum atomic E-state index is 0.577. The quantitative estimate of drug-likeness (QED) is 0.606. The molecule has 0 aliphatic rings. The monoisotopic (exact) mass is 153 g/mol. The first kappa shape index (κ1) is 10.3. The highest BCUT2D eigenvalue weighted by Gasteiger charge is 1.96. The van der Waals surface area contributed by atoms with Crippen LogP contribution in [-0.4, -0.2) is 0 Å². The first-order chi connectivity index (χ1) is 4.95. The molecule has 0 aliphatic heterocycles. The summed E-state index contributed by atoms with van der Waals surface area (Å²) < 4.78 is 0. The molecule has 0 aromatic carbocycles. The lowest BCUT2D eigenvalue weighted by Gasteiger charge is -2.05. The van der Waals surface area contributed by atoms with Crippen molar-refractivity contribution in [2.75, 3.05) is 0 Å². The van der Waals surface area contributed by atoms with E-state index in [0.717, 1.165) is 5.70 Å². The zero-order valence-electron chi connectivity index (χ0n) is 8.23. The summed E-state index contributed by atoms with van der Waals surface area (Å²) in [5, 5.41) is 0. The van der Waals surface area contributed by atoms with E-state index in [0.29, 0.717) is 5.92 Å². The van der Waals surface area contributed by atoms with Gasteiger partial charge in [0, 0.05) is 5.70 Å². The van der Waals surface area contributed by atoms with Crippen molar-refractivity contribution < 1.29 is 0 Å². The number of hydrogen-bond donors (Lipinski definition) is 1. The molecule has 0 saturated carbocycles. The van der Waals surface area contributed by atoms with E-state index in [2.05, 4.69) is 26.8 Å². The third-order valence-corrected chi connectivity index (χ3v) is 1.55. The molecule has 0 bridgehead atoms. The second-order valence-corrected chi connectivity index (χ2v) is 3.51. The predicted octanol–water partition coefficient (Wildman–Crippen LogP) is 2.84. The SMILES string of the molecule is CC(C)=C(N)/C(C)=C\C(C)C. The molecular formula is C10H19N. The maximum Gasteiger partial charge on any atom is 0.0326 e. The van der Waals surface area contributed by atoms with Crippen LogP contribution in [0.2, 0.25) is 0 Å². The summed E-state index contributed by atoms with van der Waals surface area (Å²) in [7, 11) is 0. The van der Waals surface area contributed by atoms with Gasteiger partial charge in [0.2, 0.25) is 0 Å². The van der Waals surface area contributed by atoms with Crippen LogP contribution in [0.1, 0.15) is 34.6 Å². The highest BCUT2D eigenvalue weighted by molar-refractivity contribution is 5.29. The maximum absolute atomic E-state index is 5.82. The molecule has 64 valence electrons. The van der Waals surface area contributed by atoms with Crippen molar-refractivity contribution in [2.45, 2.75) is 34.6 Å². The average Bonchev–Trinajstić information content (AvgIpc) is 1.84. The van der Waals surface area contributed by atoms with E-state index in [1.165, 1.54) is 11.1 Å². The van der Waals surface area contributed by atoms with Gasteiger partial charge in [-0.3, -0.25) is 0 Å². The van der Waals surface area contributed by atoms with E-state index in [-0.39, 0.29) is 0 Å². The van der Waals surface area contributed by atoms with Crippen molar-refractivity contribution in [1.29, 1.82) is 0 Å². The zero-order valence-corrected chi connectivity index (χ0v) is 8.23. The van der Waals surface area contributed by atoms with Crippen LogP contribution in [-0.2, 0) is 0 Å². The molecule has 11 heavy (non-hydrogen) atoms. The summed E-state index contributed by atoms with van der Waals surface area (Å²) in [6.07, 6.45) is 2.18. The smallest absolute Gasteiger partial charge is 0.0326 e. The number of allylic oxidation sites excluding steroid dienone is 3. The fourth-order valence-electron chi connectivity index (χ4n) is 0.984. The highest BCUT2D eigenvalue weighted by Crippen LogP contribution is 2.10. The number of rotatable bonds is 2. The van der Waals surface area contributed by atoms with E-state index < -0.39 is 0 Å². The summed E-state index contributed by atoms with van der Waals surface area (Å²) in [6.45, 7) is 10.4. The van der Waals surface area contributed by atoms with E-state index >= 15 is 0 Å². The van der Waals surface area contributed by atoms with Crippen LogP contribution in [0, 0.1) is 5.92 Å². The summed E-state index contributed by atoms with van der Waals surface area (Å²) in [5.74, 6) is 0.577. The first-order valence-corrected chi connectivity index (χ1v) is 4.07. The molecular weight excluding hydrogens is 134 g/mol. The fourth-order valence-corrected chi connectivity index (χ4v) is 0.984. The van der Waals surface area contributed by atoms with Crippen LogP contribution in [0.3, 0.4) is 0 Å². The van der Waals surface area contributed by atoms with Crippen molar-refractivity contribution in [3.8, 4) is 0 Å². The van der Waals surface area contributed by atoms with Gasteiger partial charge in [0.15, 0.2) is 0 Å². The van der Waals surface area contributed by atoms with Gasteiger partial charge in [-0.25, -0.2) is 0 Å². The summed E-state index contributed by atoms with van der Waals surface area (Å²) >= 11 is 0. The maximum atomic E-state index is 5.82. The Morgan fingerprint density at radius 3 is 1.91 bits per heavy atom. The van der Waals surface area contributed by atoms with Crippen molar-refractivity contribution >= 4 is 0 Å². The third-order valence-electron chi connectivity index (χ3n) is 1.55. The topological polar surface area (TPSA) is 26.0 Å². The van der Waals surface area contributed by atoms with E-state index in [1.54, 1.807) is 0 Å². The molecule has 0 aromatic rings. The van der Waals surface area contributed by atoms with Gasteiger partial charge in [-0.1, -0.05) is 25.5 Å². The van der Waals surface area contributed by atoms with Gasteiger partial charge in [-0.05, 0) is 32.3 Å². The fraction of sp³-hybridized carbons (Fsp3) is 0.600. The molecule has 2 N–H and O–H groups in total. The Morgan fingerprint density at radius 1 is 1.18 bits per heavy atom. The molecule has 0 aromatic heterocycles. The van der Waals surface area contributed by atoms with Crippen LogP contribution in [0.15, 0.2) is 22.9 Å². The van der Waals surface area contributed by atoms with Gasteiger partial charge < -0.3 is 5.73 Å². The standard InChI is InChI=1S/C10H19N/c1-7(2)6-9(5)10(11)8(3)4/h6-7H,11H2,1-5H3/b9-6-. The first-order valence-electron chi connectivity index (χ1n) is 4.07. The van der Waals surface area contributed by atoms with E-state index in [9.17, 15) is 0 Å². The Kier molecular flexibility index (Phi) is 3.94. The van der Waals surface area contributed by atoms with Crippen molar-refractivity contribution in [3.05, 3.63) is 22.9 Å². The van der Waals surface area contributed by atoms with Crippen LogP contribution in [0.4, 0.5) is 0 Å². The Balaban J connectivity index is 4.50. The average molecular weight is 153 g/mol. The second-order valence-electron chi connectivity index (χ2n) is 3.51. The van der Waals surface area contributed by atoms with Crippen LogP contribution < -0.4 is 5.73 Å². The molecule has 1 nitrogen and oxygen atoms in total. The molecule has 0 amide bonds. The second kappa shape index (κ2) is 4.22. The Morgan fingerprint density at radius 2 is 1.64 bits per heavy atom. The molecule has 0 radical (unpaired) electrons. The molecule has 0 atom stereocenters. The highest BCUT2D eigenvalue weighted by atomic mass is 14.6. The van der Waals surface area contributed by atoms with Crippen molar-refractivity contribution in [1.82, 2.24) is 0 Å². The lowest BCUT2D eigenvalue weighted by Crippen LogP contribution is -2.01. The van der Waals surface area contributed by atoms with Crippen molar-refractivity contribution in [2.24, 2.45) is 11.7 Å². The van der Waals surface area contributed by atoms with Gasteiger partial charge in [-0.15, -0.1) is 0 Å². The molecule has 0 fully saturated rings. The molecule has 1 heteroatoms. The van der Waals surface area contributed by atoms with Crippen LogP contribution in [0.25, 0.3) is 0 Å². The summed E-state index contributed by atoms with van der Waals surface area (Å²) in [6, 6.07) is 0. The molecule has 0 heterocycles. The third kappa shape index (κ3) is 3.87. The van der Waals surface area contributed by atoms with Crippen molar-refractivity contribution in [3.63, 3.8) is 0 Å². The number of hydrogen-bond acceptors (Lipinski definition) is 1. The lowest BCUT2D eigenvalue weighted by atomic mass is 10.1. The van der Waals surface area contributed by atoms with Gasteiger partial charge in [0.1, 0.15) is 0 Å². The number of nitrogens with two attached hydrogens (primary N) is 1. The summed E-state index contributed by atoms with van der Waals surface area (Å²) in [5.41, 5.74) is 9.14. The van der Waals surface area contributed by atoms with Gasteiger partial charge in [0.05, 0.1) is 0 Å². The molecule has 0 unspecified atom stereocenters. The van der Waals surface area contributed by atoms with Gasteiger partial charge in [-0.2, -0.15) is 0 Å². The normalized spacial score (nSPS) is 12.0. The largest absolute Gasteiger partial charge is 0.399 e. The van der Waals surface area contributed by atoms with Crippen LogP contribution >= 0.6 is 0 Å². The molecule has 0 rings (SSSR count). The summed E-state index contributed by atoms with van der Waals surface area (Å²) in [4.78, 5) is 0. The van der Waals surface area contributed by atoms with E-state index in [1.807, 2.05) is 13.8 Å². The lowest BCUT2D eigenvalue weighted by molar-refractivity contribution is 0.821. The van der Waals surface area contributed by atoms with Crippen LogP contribution in [0.5, 0.6) is 0 Å². The molecule has 0 aliphatic carbocycles. The minimum absolute atomic E-state index is 0.577. The Hall–Kier alpha value is -0.720. The molecule has 0 saturated heterocycles. The Bertz CT molecular complexity index is 181.